The number of piperidine rings is 1. The monoisotopic (exact) mass is 393 g/mol. The molecule has 3 aromatic rings. The molecule has 150 valence electrons. The van der Waals surface area contributed by atoms with Crippen LogP contribution in [0.5, 0.6) is 0 Å². The summed E-state index contributed by atoms with van der Waals surface area (Å²) < 4.78 is 15.3. The fourth-order valence-electron chi connectivity index (χ4n) is 3.63. The zero-order valence-corrected chi connectivity index (χ0v) is 16.4. The smallest absolute Gasteiger partial charge is 0.253 e. The van der Waals surface area contributed by atoms with Crippen molar-refractivity contribution in [3.05, 3.63) is 72.2 Å². The fraction of sp³-hybridized carbons (Fsp3) is 0.318. The first-order valence-corrected chi connectivity index (χ1v) is 9.79. The van der Waals surface area contributed by atoms with Gasteiger partial charge in [-0.2, -0.15) is 0 Å². The third kappa shape index (κ3) is 4.86. The second-order valence-electron chi connectivity index (χ2n) is 7.50. The summed E-state index contributed by atoms with van der Waals surface area (Å²) in [5.74, 6) is -0.424. The summed E-state index contributed by atoms with van der Waals surface area (Å²) in [6.07, 6.45) is 7.22. The molecule has 29 heavy (non-hydrogen) atoms. The molecule has 1 aromatic carbocycles. The minimum Gasteiger partial charge on any atom is -0.349 e. The van der Waals surface area contributed by atoms with Gasteiger partial charge in [-0.15, -0.1) is 0 Å². The second kappa shape index (κ2) is 8.53. The predicted molar refractivity (Wildman–Crippen MR) is 109 cm³/mol. The molecule has 0 saturated carbocycles. The number of carbonyl (C=O) groups excluding carboxylic acids is 1. The largest absolute Gasteiger partial charge is 0.349 e. The van der Waals surface area contributed by atoms with Gasteiger partial charge in [0.15, 0.2) is 0 Å². The van der Waals surface area contributed by atoms with E-state index in [0.29, 0.717) is 16.8 Å². The number of halogens is 1. The number of rotatable bonds is 5. The van der Waals surface area contributed by atoms with Gasteiger partial charge in [-0.3, -0.25) is 14.7 Å². The van der Waals surface area contributed by atoms with E-state index in [0.717, 1.165) is 38.2 Å². The second-order valence-corrected chi connectivity index (χ2v) is 7.50. The molecule has 0 aliphatic carbocycles. The van der Waals surface area contributed by atoms with E-state index in [4.69, 9.17) is 0 Å². The van der Waals surface area contributed by atoms with E-state index in [-0.39, 0.29) is 17.8 Å². The molecule has 4 rings (SSSR count). The standard InChI is InChI=1S/C22H24FN5O/c1-27-13-20(25-15-27)14-28-9-7-19(8-10-28)26-22(29)17-5-6-21(24-12-17)16-3-2-4-18(23)11-16/h2-6,11-13,15,19H,7-10,14H2,1H3,(H,26,29). The Bertz CT molecular complexity index is 977. The van der Waals surface area contributed by atoms with Crippen LogP contribution in [-0.4, -0.2) is 44.5 Å². The summed E-state index contributed by atoms with van der Waals surface area (Å²) in [6.45, 7) is 2.70. The van der Waals surface area contributed by atoms with Crippen LogP contribution in [0.3, 0.4) is 0 Å². The van der Waals surface area contributed by atoms with Gasteiger partial charge < -0.3 is 9.88 Å². The number of imidazole rings is 1. The average molecular weight is 393 g/mol. The topological polar surface area (TPSA) is 63.1 Å². The highest BCUT2D eigenvalue weighted by atomic mass is 19.1. The maximum atomic E-state index is 13.4. The molecule has 1 aliphatic heterocycles. The lowest BCUT2D eigenvalue weighted by Gasteiger charge is -2.31. The van der Waals surface area contributed by atoms with Crippen molar-refractivity contribution in [2.24, 2.45) is 7.05 Å². The van der Waals surface area contributed by atoms with Crippen LogP contribution in [0.2, 0.25) is 0 Å². The molecule has 1 fully saturated rings. The molecular formula is C22H24FN5O. The van der Waals surface area contributed by atoms with Gasteiger partial charge in [-0.25, -0.2) is 9.37 Å². The normalized spacial score (nSPS) is 15.4. The van der Waals surface area contributed by atoms with Crippen molar-refractivity contribution >= 4 is 5.91 Å². The number of aromatic nitrogens is 3. The highest BCUT2D eigenvalue weighted by Gasteiger charge is 2.21. The summed E-state index contributed by atoms with van der Waals surface area (Å²) in [5, 5.41) is 3.11. The first-order valence-electron chi connectivity index (χ1n) is 9.79. The molecule has 0 bridgehead atoms. The maximum absolute atomic E-state index is 13.4. The number of aryl methyl sites for hydroxylation is 1. The van der Waals surface area contributed by atoms with Crippen molar-refractivity contribution in [3.8, 4) is 11.3 Å². The lowest BCUT2D eigenvalue weighted by atomic mass is 10.0. The van der Waals surface area contributed by atoms with E-state index < -0.39 is 0 Å². The van der Waals surface area contributed by atoms with E-state index >= 15 is 0 Å². The van der Waals surface area contributed by atoms with Crippen molar-refractivity contribution in [1.82, 2.24) is 24.8 Å². The van der Waals surface area contributed by atoms with Crippen molar-refractivity contribution < 1.29 is 9.18 Å². The van der Waals surface area contributed by atoms with E-state index in [1.807, 2.05) is 24.1 Å². The first kappa shape index (κ1) is 19.3. The van der Waals surface area contributed by atoms with Gasteiger partial charge >= 0.3 is 0 Å². The van der Waals surface area contributed by atoms with Crippen LogP contribution in [0.4, 0.5) is 4.39 Å². The van der Waals surface area contributed by atoms with Crippen molar-refractivity contribution in [1.29, 1.82) is 0 Å². The van der Waals surface area contributed by atoms with Crippen LogP contribution in [0.15, 0.2) is 55.1 Å². The molecule has 3 heterocycles. The zero-order chi connectivity index (χ0) is 20.2. The Balaban J connectivity index is 1.29. The molecule has 0 unspecified atom stereocenters. The average Bonchev–Trinajstić information content (AvgIpc) is 3.14. The molecule has 7 heteroatoms. The van der Waals surface area contributed by atoms with Crippen LogP contribution in [0.25, 0.3) is 11.3 Å². The molecule has 6 nitrogen and oxygen atoms in total. The number of benzene rings is 1. The van der Waals surface area contributed by atoms with E-state index in [9.17, 15) is 9.18 Å². The Morgan fingerprint density at radius 3 is 2.69 bits per heavy atom. The summed E-state index contributed by atoms with van der Waals surface area (Å²) in [5.41, 5.74) is 2.92. The van der Waals surface area contributed by atoms with Crippen LogP contribution in [0.1, 0.15) is 28.9 Å². The number of amides is 1. The molecule has 1 aliphatic rings. The van der Waals surface area contributed by atoms with Crippen molar-refractivity contribution in [2.45, 2.75) is 25.4 Å². The summed E-state index contributed by atoms with van der Waals surface area (Å²) in [4.78, 5) is 23.6. The van der Waals surface area contributed by atoms with Crippen molar-refractivity contribution in [2.75, 3.05) is 13.1 Å². The number of hydrogen-bond donors (Lipinski definition) is 1. The molecular weight excluding hydrogens is 369 g/mol. The number of carbonyl (C=O) groups is 1. The molecule has 0 atom stereocenters. The van der Waals surface area contributed by atoms with Crippen LogP contribution >= 0.6 is 0 Å². The van der Waals surface area contributed by atoms with Gasteiger partial charge in [-0.05, 0) is 37.1 Å². The minimum absolute atomic E-state index is 0.119. The lowest BCUT2D eigenvalue weighted by Crippen LogP contribution is -2.44. The van der Waals surface area contributed by atoms with E-state index in [1.165, 1.54) is 12.1 Å². The molecule has 0 radical (unpaired) electrons. The Kier molecular flexibility index (Phi) is 5.67. The van der Waals surface area contributed by atoms with Crippen LogP contribution in [0, 0.1) is 5.82 Å². The number of pyridine rings is 1. The van der Waals surface area contributed by atoms with Gasteiger partial charge in [0.1, 0.15) is 5.82 Å². The van der Waals surface area contributed by atoms with E-state index in [2.05, 4.69) is 20.2 Å². The van der Waals surface area contributed by atoms with Crippen molar-refractivity contribution in [3.63, 3.8) is 0 Å². The Morgan fingerprint density at radius 1 is 1.21 bits per heavy atom. The number of nitrogens with one attached hydrogen (secondary N) is 1. The van der Waals surface area contributed by atoms with Gasteiger partial charge in [0.25, 0.3) is 5.91 Å². The summed E-state index contributed by atoms with van der Waals surface area (Å²) in [7, 11) is 1.97. The summed E-state index contributed by atoms with van der Waals surface area (Å²) >= 11 is 0. The molecule has 0 spiro atoms. The minimum atomic E-state index is -0.305. The van der Waals surface area contributed by atoms with Gasteiger partial charge in [-0.1, -0.05) is 12.1 Å². The summed E-state index contributed by atoms with van der Waals surface area (Å²) in [6, 6.07) is 9.91. The highest BCUT2D eigenvalue weighted by molar-refractivity contribution is 5.94. The Hall–Kier alpha value is -3.06. The van der Waals surface area contributed by atoms with E-state index in [1.54, 1.807) is 30.5 Å². The maximum Gasteiger partial charge on any atom is 0.253 e. The lowest BCUT2D eigenvalue weighted by molar-refractivity contribution is 0.0908. The van der Waals surface area contributed by atoms with Gasteiger partial charge in [0.2, 0.25) is 0 Å². The first-order chi connectivity index (χ1) is 14.1. The predicted octanol–water partition coefficient (Wildman–Crippen LogP) is 3.02. The van der Waals surface area contributed by atoms with Crippen LogP contribution < -0.4 is 5.32 Å². The Morgan fingerprint density at radius 2 is 2.03 bits per heavy atom. The number of likely N-dealkylation sites (tertiary alicyclic amines) is 1. The zero-order valence-electron chi connectivity index (χ0n) is 16.4. The number of hydrogen-bond acceptors (Lipinski definition) is 4. The molecule has 1 N–H and O–H groups in total. The van der Waals surface area contributed by atoms with Gasteiger partial charge in [0.05, 0.1) is 23.3 Å². The SMILES string of the molecule is Cn1cnc(CN2CCC(NC(=O)c3ccc(-c4cccc(F)c4)nc3)CC2)c1. The molecule has 1 amide bonds. The third-order valence-corrected chi connectivity index (χ3v) is 5.21. The highest BCUT2D eigenvalue weighted by Crippen LogP contribution is 2.18. The molecule has 1 saturated heterocycles. The van der Waals surface area contributed by atoms with Gasteiger partial charge in [0, 0.05) is 50.7 Å². The number of nitrogens with zero attached hydrogens (tertiary/aromatic N) is 4. The quantitative estimate of drug-likeness (QED) is 0.724. The van der Waals surface area contributed by atoms with Crippen LogP contribution in [-0.2, 0) is 13.6 Å². The fourth-order valence-corrected chi connectivity index (χ4v) is 3.63. The Labute approximate surface area is 169 Å². The third-order valence-electron chi connectivity index (χ3n) is 5.21. The molecule has 2 aromatic heterocycles.